The molecule has 1 heterocycles. The normalized spacial score (nSPS) is 11.8. The Hall–Kier alpha value is -1.41. The molecule has 0 aliphatic heterocycles. The molecule has 1 aromatic carbocycles. The maximum absolute atomic E-state index is 12.8. The van der Waals surface area contributed by atoms with Crippen LogP contribution in [-0.4, -0.2) is 15.2 Å². The Kier molecular flexibility index (Phi) is 3.40. The van der Waals surface area contributed by atoms with Gasteiger partial charge in [-0.25, -0.2) is 0 Å². The summed E-state index contributed by atoms with van der Waals surface area (Å²) in [4.78, 5) is 3.66. The number of aromatic nitrogens is 2. The molecule has 18 heavy (non-hydrogen) atoms. The fourth-order valence-electron chi connectivity index (χ4n) is 1.37. The van der Waals surface area contributed by atoms with E-state index in [9.17, 15) is 13.2 Å². The minimum atomic E-state index is -4.53. The molecule has 96 valence electrons. The number of aliphatic hydroxyl groups excluding tert-OH is 1. The van der Waals surface area contributed by atoms with E-state index in [-0.39, 0.29) is 17.3 Å². The molecular formula is C10H6BrF3N2O2. The van der Waals surface area contributed by atoms with Crippen LogP contribution in [0.5, 0.6) is 0 Å². The Bertz CT molecular complexity index is 568. The number of hydrogen-bond acceptors (Lipinski definition) is 4. The van der Waals surface area contributed by atoms with E-state index in [4.69, 9.17) is 5.11 Å². The third-order valence-corrected chi connectivity index (χ3v) is 2.62. The molecule has 0 aliphatic rings. The van der Waals surface area contributed by atoms with E-state index >= 15 is 0 Å². The van der Waals surface area contributed by atoms with Crippen LogP contribution in [0, 0.1) is 0 Å². The van der Waals surface area contributed by atoms with Gasteiger partial charge < -0.3 is 9.63 Å². The quantitative estimate of drug-likeness (QED) is 0.923. The molecule has 2 aromatic rings. The summed E-state index contributed by atoms with van der Waals surface area (Å²) in [5.74, 6) is -0.347. The zero-order valence-electron chi connectivity index (χ0n) is 8.70. The highest BCUT2D eigenvalue weighted by Gasteiger charge is 2.35. The maximum atomic E-state index is 12.8. The Labute approximate surface area is 108 Å². The van der Waals surface area contributed by atoms with Crippen molar-refractivity contribution in [3.8, 4) is 11.4 Å². The second-order valence-corrected chi connectivity index (χ2v) is 4.27. The Morgan fingerprint density at radius 3 is 2.61 bits per heavy atom. The van der Waals surface area contributed by atoms with Gasteiger partial charge in [0.15, 0.2) is 0 Å². The number of benzene rings is 1. The number of hydrogen-bond donors (Lipinski definition) is 1. The Morgan fingerprint density at radius 2 is 2.06 bits per heavy atom. The Morgan fingerprint density at radius 1 is 1.33 bits per heavy atom. The minimum absolute atomic E-state index is 0.138. The summed E-state index contributed by atoms with van der Waals surface area (Å²) in [7, 11) is 0. The van der Waals surface area contributed by atoms with Gasteiger partial charge in [-0.3, -0.25) is 0 Å². The fourth-order valence-corrected chi connectivity index (χ4v) is 1.74. The van der Waals surface area contributed by atoms with E-state index in [0.717, 1.165) is 6.07 Å². The van der Waals surface area contributed by atoms with Crippen LogP contribution < -0.4 is 0 Å². The van der Waals surface area contributed by atoms with Crippen molar-refractivity contribution in [2.45, 2.75) is 12.8 Å². The molecule has 0 saturated carbocycles. The molecular weight excluding hydrogens is 317 g/mol. The predicted octanol–water partition coefficient (Wildman–Crippen LogP) is 3.01. The smallest absolute Gasteiger partial charge is 0.387 e. The van der Waals surface area contributed by atoms with Gasteiger partial charge in [0, 0.05) is 10.0 Å². The van der Waals surface area contributed by atoms with E-state index in [1.807, 2.05) is 0 Å². The van der Waals surface area contributed by atoms with Gasteiger partial charge in [-0.15, -0.1) is 0 Å². The summed E-state index contributed by atoms with van der Waals surface area (Å²) in [6.45, 7) is -0.523. The first-order chi connectivity index (χ1) is 8.41. The summed E-state index contributed by atoms with van der Waals surface area (Å²) in [5.41, 5.74) is -1.07. The molecule has 1 aromatic heterocycles. The molecule has 0 atom stereocenters. The van der Waals surface area contributed by atoms with Gasteiger partial charge in [-0.1, -0.05) is 21.1 Å². The predicted molar refractivity (Wildman–Crippen MR) is 58.4 cm³/mol. The van der Waals surface area contributed by atoms with E-state index < -0.39 is 18.3 Å². The van der Waals surface area contributed by atoms with Crippen molar-refractivity contribution in [3.63, 3.8) is 0 Å². The lowest BCUT2D eigenvalue weighted by molar-refractivity contribution is -0.137. The average molecular weight is 323 g/mol. The van der Waals surface area contributed by atoms with Crippen molar-refractivity contribution in [1.82, 2.24) is 10.1 Å². The molecule has 0 radical (unpaired) electrons. The zero-order chi connectivity index (χ0) is 13.3. The van der Waals surface area contributed by atoms with Crippen LogP contribution in [0.1, 0.15) is 11.5 Å². The number of aliphatic hydroxyl groups is 1. The first-order valence-electron chi connectivity index (χ1n) is 4.72. The maximum Gasteiger partial charge on any atom is 0.417 e. The second-order valence-electron chi connectivity index (χ2n) is 3.36. The van der Waals surface area contributed by atoms with Crippen LogP contribution >= 0.6 is 15.9 Å². The largest absolute Gasteiger partial charge is 0.417 e. The average Bonchev–Trinajstić information content (AvgIpc) is 2.76. The lowest BCUT2D eigenvalue weighted by Gasteiger charge is -2.10. The number of nitrogens with zero attached hydrogens (tertiary/aromatic N) is 2. The van der Waals surface area contributed by atoms with Gasteiger partial charge >= 0.3 is 6.18 Å². The van der Waals surface area contributed by atoms with E-state index in [1.54, 1.807) is 0 Å². The summed E-state index contributed by atoms with van der Waals surface area (Å²) in [5, 5.41) is 12.1. The highest BCUT2D eigenvalue weighted by atomic mass is 79.9. The molecule has 0 fully saturated rings. The number of alkyl halides is 3. The van der Waals surface area contributed by atoms with Crippen LogP contribution in [-0.2, 0) is 12.8 Å². The molecule has 0 bridgehead atoms. The first-order valence-corrected chi connectivity index (χ1v) is 5.51. The van der Waals surface area contributed by atoms with Crippen LogP contribution in [0.3, 0.4) is 0 Å². The van der Waals surface area contributed by atoms with Gasteiger partial charge in [0.2, 0.25) is 5.82 Å². The molecule has 1 N–H and O–H groups in total. The van der Waals surface area contributed by atoms with E-state index in [2.05, 4.69) is 30.6 Å². The lowest BCUT2D eigenvalue weighted by Crippen LogP contribution is -2.07. The lowest BCUT2D eigenvalue weighted by atomic mass is 10.1. The van der Waals surface area contributed by atoms with Crippen molar-refractivity contribution in [1.29, 1.82) is 0 Å². The van der Waals surface area contributed by atoms with Crippen molar-refractivity contribution < 1.29 is 22.8 Å². The third kappa shape index (κ3) is 2.54. The van der Waals surface area contributed by atoms with E-state index in [0.29, 0.717) is 4.47 Å². The van der Waals surface area contributed by atoms with Crippen LogP contribution in [0.4, 0.5) is 13.2 Å². The molecule has 2 rings (SSSR count). The summed E-state index contributed by atoms with van der Waals surface area (Å²) in [6, 6.07) is 3.61. The van der Waals surface area contributed by atoms with Gasteiger partial charge in [-0.05, 0) is 18.2 Å². The fraction of sp³-hybridized carbons (Fsp3) is 0.200. The topological polar surface area (TPSA) is 59.2 Å². The van der Waals surface area contributed by atoms with Gasteiger partial charge in [0.25, 0.3) is 5.89 Å². The highest BCUT2D eigenvalue weighted by Crippen LogP contribution is 2.37. The highest BCUT2D eigenvalue weighted by molar-refractivity contribution is 9.10. The molecule has 0 aliphatic carbocycles. The van der Waals surface area contributed by atoms with Gasteiger partial charge in [-0.2, -0.15) is 18.2 Å². The third-order valence-electron chi connectivity index (χ3n) is 2.13. The van der Waals surface area contributed by atoms with Crippen LogP contribution in [0.2, 0.25) is 0 Å². The zero-order valence-corrected chi connectivity index (χ0v) is 10.3. The van der Waals surface area contributed by atoms with Gasteiger partial charge in [0.05, 0.1) is 5.56 Å². The Balaban J connectivity index is 2.56. The number of rotatable bonds is 2. The standard InChI is InChI=1S/C10H6BrF3N2O2/c11-5-1-2-6(7(3-5)10(12,13)14)9-15-8(4-17)18-16-9/h1-3,17H,4H2. The molecule has 0 unspecified atom stereocenters. The number of halogens is 4. The summed E-state index contributed by atoms with van der Waals surface area (Å²) < 4.78 is 43.4. The van der Waals surface area contributed by atoms with Crippen molar-refractivity contribution in [2.24, 2.45) is 0 Å². The molecule has 0 amide bonds. The molecule has 0 spiro atoms. The van der Waals surface area contributed by atoms with E-state index in [1.165, 1.54) is 12.1 Å². The summed E-state index contributed by atoms with van der Waals surface area (Å²) >= 11 is 2.98. The van der Waals surface area contributed by atoms with Crippen LogP contribution in [0.15, 0.2) is 27.2 Å². The summed E-state index contributed by atoms with van der Waals surface area (Å²) in [6.07, 6.45) is -4.53. The molecule has 0 saturated heterocycles. The monoisotopic (exact) mass is 322 g/mol. The minimum Gasteiger partial charge on any atom is -0.387 e. The SMILES string of the molecule is OCc1nc(-c2ccc(Br)cc2C(F)(F)F)no1. The van der Waals surface area contributed by atoms with Crippen molar-refractivity contribution in [2.75, 3.05) is 0 Å². The molecule has 8 heteroatoms. The molecule has 4 nitrogen and oxygen atoms in total. The van der Waals surface area contributed by atoms with Gasteiger partial charge in [0.1, 0.15) is 6.61 Å². The second kappa shape index (κ2) is 4.69. The van der Waals surface area contributed by atoms with Crippen LogP contribution in [0.25, 0.3) is 11.4 Å². The van der Waals surface area contributed by atoms with Crippen molar-refractivity contribution in [3.05, 3.63) is 34.1 Å². The first kappa shape index (κ1) is 13.0. The van der Waals surface area contributed by atoms with Crippen molar-refractivity contribution >= 4 is 15.9 Å².